The Bertz CT molecular complexity index is 986. The van der Waals surface area contributed by atoms with Gasteiger partial charge in [-0.05, 0) is 30.7 Å². The summed E-state index contributed by atoms with van der Waals surface area (Å²) in [6.45, 7) is 2.58. The fraction of sp³-hybridized carbons (Fsp3) is 0.300. The molecule has 0 aliphatic carbocycles. The number of benzene rings is 2. The largest absolute Gasteiger partial charge is 0.383 e. The lowest BCUT2D eigenvalue weighted by atomic mass is 9.87. The van der Waals surface area contributed by atoms with Crippen molar-refractivity contribution in [3.8, 4) is 0 Å². The number of amides is 1. The number of hydrogen-bond acceptors (Lipinski definition) is 4. The molecule has 5 nitrogen and oxygen atoms in total. The van der Waals surface area contributed by atoms with E-state index in [2.05, 4.69) is 10.3 Å². The smallest absolute Gasteiger partial charge is 0.254 e. The molecule has 0 saturated carbocycles. The van der Waals surface area contributed by atoms with Crippen LogP contribution in [0.4, 0.5) is 10.1 Å². The van der Waals surface area contributed by atoms with Crippen LogP contribution in [-0.2, 0) is 0 Å². The summed E-state index contributed by atoms with van der Waals surface area (Å²) in [6.07, 6.45) is 1.25. The number of anilines is 1. The number of aliphatic imine (C=N–C) groups is 1. The number of hydrogen-bond donors (Lipinski definition) is 2. The van der Waals surface area contributed by atoms with E-state index in [0.29, 0.717) is 30.6 Å². The van der Waals surface area contributed by atoms with Crippen molar-refractivity contribution < 1.29 is 9.18 Å². The second-order valence-electron chi connectivity index (χ2n) is 7.38. The summed E-state index contributed by atoms with van der Waals surface area (Å²) in [5.41, 5.74) is 9.41. The predicted molar refractivity (Wildman–Crippen MR) is 97.7 cm³/mol. The Morgan fingerprint density at radius 2 is 2.19 bits per heavy atom. The Balaban J connectivity index is 1.56. The van der Waals surface area contributed by atoms with Crippen LogP contribution in [0, 0.1) is 12.7 Å². The number of nitrogens with two attached hydrogens (primary N) is 1. The third-order valence-corrected chi connectivity index (χ3v) is 5.70. The summed E-state index contributed by atoms with van der Waals surface area (Å²) in [7, 11) is 0. The van der Waals surface area contributed by atoms with E-state index in [4.69, 9.17) is 5.73 Å². The van der Waals surface area contributed by atoms with Gasteiger partial charge in [-0.25, -0.2) is 9.38 Å². The number of halogens is 1. The number of fused-ring (bicyclic) bond motifs is 4. The van der Waals surface area contributed by atoms with Gasteiger partial charge in [0.15, 0.2) is 0 Å². The monoisotopic (exact) mass is 350 g/mol. The minimum absolute atomic E-state index is 0.0361. The highest BCUT2D eigenvalue weighted by Gasteiger charge is 2.48. The molecule has 1 spiro atoms. The average Bonchev–Trinajstić information content (AvgIpc) is 2.86. The van der Waals surface area contributed by atoms with Crippen LogP contribution in [0.15, 0.2) is 41.4 Å². The van der Waals surface area contributed by atoms with Gasteiger partial charge in [0.25, 0.3) is 5.91 Å². The maximum atomic E-state index is 14.1. The van der Waals surface area contributed by atoms with Crippen molar-refractivity contribution in [2.45, 2.75) is 31.5 Å². The first kappa shape index (κ1) is 15.4. The second kappa shape index (κ2) is 5.06. The molecule has 1 saturated heterocycles. The Hall–Kier alpha value is -2.89. The first-order chi connectivity index (χ1) is 12.5. The molecule has 132 valence electrons. The van der Waals surface area contributed by atoms with Crippen LogP contribution in [0.3, 0.4) is 0 Å². The molecular weight excluding hydrogens is 331 g/mol. The van der Waals surface area contributed by atoms with Gasteiger partial charge in [-0.3, -0.25) is 4.79 Å². The molecule has 3 aliphatic heterocycles. The number of aryl methyl sites for hydroxylation is 1. The Morgan fingerprint density at radius 1 is 1.35 bits per heavy atom. The van der Waals surface area contributed by atoms with Crippen LogP contribution < -0.4 is 11.1 Å². The molecule has 1 amide bonds. The number of rotatable bonds is 0. The van der Waals surface area contributed by atoms with Crippen molar-refractivity contribution in [1.29, 1.82) is 0 Å². The van der Waals surface area contributed by atoms with Crippen LogP contribution in [-0.4, -0.2) is 28.9 Å². The van der Waals surface area contributed by atoms with E-state index in [0.717, 1.165) is 16.7 Å². The molecule has 2 aromatic rings. The molecule has 0 bridgehead atoms. The van der Waals surface area contributed by atoms with Gasteiger partial charge in [0, 0.05) is 30.6 Å². The van der Waals surface area contributed by atoms with Crippen molar-refractivity contribution in [2.24, 2.45) is 10.7 Å². The number of carbonyl (C=O) groups excluding carboxylic acids is 1. The third kappa shape index (κ3) is 2.01. The molecule has 3 N–H and O–H groups in total. The van der Waals surface area contributed by atoms with Crippen molar-refractivity contribution >= 4 is 17.4 Å². The minimum atomic E-state index is -0.612. The lowest BCUT2D eigenvalue weighted by molar-refractivity contribution is 0.0606. The highest BCUT2D eigenvalue weighted by atomic mass is 19.1. The Kier molecular flexibility index (Phi) is 2.99. The highest BCUT2D eigenvalue weighted by molar-refractivity contribution is 6.04. The van der Waals surface area contributed by atoms with Crippen LogP contribution in [0.1, 0.15) is 45.9 Å². The van der Waals surface area contributed by atoms with Gasteiger partial charge in [0.1, 0.15) is 17.3 Å². The molecular formula is C20H19FN4O. The molecule has 5 rings (SSSR count). The van der Waals surface area contributed by atoms with Crippen molar-refractivity contribution in [2.75, 3.05) is 11.9 Å². The Morgan fingerprint density at radius 3 is 3.04 bits per heavy atom. The number of nitrogens with zero attached hydrogens (tertiary/aromatic N) is 2. The van der Waals surface area contributed by atoms with E-state index < -0.39 is 5.66 Å². The summed E-state index contributed by atoms with van der Waals surface area (Å²) >= 11 is 0. The second-order valence-corrected chi connectivity index (χ2v) is 7.38. The van der Waals surface area contributed by atoms with Crippen molar-refractivity contribution in [3.63, 3.8) is 0 Å². The fourth-order valence-electron chi connectivity index (χ4n) is 4.48. The van der Waals surface area contributed by atoms with Crippen LogP contribution in [0.25, 0.3) is 0 Å². The van der Waals surface area contributed by atoms with E-state index in [1.807, 2.05) is 36.1 Å². The zero-order valence-electron chi connectivity index (χ0n) is 14.4. The maximum absolute atomic E-state index is 14.1. The van der Waals surface area contributed by atoms with E-state index in [-0.39, 0.29) is 23.6 Å². The summed E-state index contributed by atoms with van der Waals surface area (Å²) in [6, 6.07) is 10.9. The molecule has 26 heavy (non-hydrogen) atoms. The fourth-order valence-corrected chi connectivity index (χ4v) is 4.48. The molecule has 2 aromatic carbocycles. The molecule has 6 heteroatoms. The van der Waals surface area contributed by atoms with Crippen molar-refractivity contribution in [1.82, 2.24) is 4.90 Å². The van der Waals surface area contributed by atoms with Crippen molar-refractivity contribution in [3.05, 3.63) is 64.5 Å². The van der Waals surface area contributed by atoms with Crippen LogP contribution in [0.2, 0.25) is 0 Å². The third-order valence-electron chi connectivity index (χ3n) is 5.70. The number of nitrogens with one attached hydrogen (secondary N) is 1. The average molecular weight is 350 g/mol. The molecule has 1 fully saturated rings. The zero-order chi connectivity index (χ0) is 18.1. The number of piperidine rings is 1. The van der Waals surface area contributed by atoms with Gasteiger partial charge in [0.05, 0.1) is 11.6 Å². The maximum Gasteiger partial charge on any atom is 0.254 e. The first-order valence-electron chi connectivity index (χ1n) is 8.81. The molecule has 0 radical (unpaired) electrons. The van der Waals surface area contributed by atoms with Gasteiger partial charge in [0.2, 0.25) is 0 Å². The van der Waals surface area contributed by atoms with Crippen LogP contribution >= 0.6 is 0 Å². The molecule has 2 atom stereocenters. The highest BCUT2D eigenvalue weighted by Crippen LogP contribution is 2.46. The quantitative estimate of drug-likeness (QED) is 0.767. The summed E-state index contributed by atoms with van der Waals surface area (Å²) < 4.78 is 14.1. The van der Waals surface area contributed by atoms with Crippen LogP contribution in [0.5, 0.6) is 0 Å². The normalized spacial score (nSPS) is 26.1. The first-order valence-corrected chi connectivity index (χ1v) is 8.81. The summed E-state index contributed by atoms with van der Waals surface area (Å²) in [5.74, 6) is -0.0677. The SMILES string of the molecule is Cc1ccc2c(c1)C(=O)N1CCC3(CC21)N=C(N)c1c(F)cccc1N3. The van der Waals surface area contributed by atoms with Gasteiger partial charge < -0.3 is 16.0 Å². The molecule has 2 unspecified atom stereocenters. The minimum Gasteiger partial charge on any atom is -0.383 e. The van der Waals surface area contributed by atoms with E-state index in [9.17, 15) is 9.18 Å². The lowest BCUT2D eigenvalue weighted by Crippen LogP contribution is -2.51. The van der Waals surface area contributed by atoms with E-state index in [1.165, 1.54) is 6.07 Å². The molecule has 3 heterocycles. The zero-order valence-corrected chi connectivity index (χ0v) is 14.4. The standard InChI is InChI=1S/C20H19FN4O/c1-11-5-6-12-13(9-11)19(26)25-8-7-20(10-16(12)25)23-15-4-2-3-14(21)17(15)18(22)24-20/h2-6,9,16,23H,7-8,10H2,1H3,(H2,22,24). The van der Waals surface area contributed by atoms with Gasteiger partial charge in [-0.15, -0.1) is 0 Å². The number of amidine groups is 1. The van der Waals surface area contributed by atoms with Gasteiger partial charge in [-0.2, -0.15) is 0 Å². The topological polar surface area (TPSA) is 70.7 Å². The van der Waals surface area contributed by atoms with Gasteiger partial charge in [-0.1, -0.05) is 23.8 Å². The van der Waals surface area contributed by atoms with E-state index in [1.54, 1.807) is 6.07 Å². The van der Waals surface area contributed by atoms with E-state index >= 15 is 0 Å². The summed E-state index contributed by atoms with van der Waals surface area (Å²) in [5, 5.41) is 3.41. The number of carbonyl (C=O) groups is 1. The lowest BCUT2D eigenvalue weighted by Gasteiger charge is -2.44. The van der Waals surface area contributed by atoms with Gasteiger partial charge >= 0.3 is 0 Å². The molecule has 0 aromatic heterocycles. The Labute approximate surface area is 150 Å². The predicted octanol–water partition coefficient (Wildman–Crippen LogP) is 2.95. The summed E-state index contributed by atoms with van der Waals surface area (Å²) in [4.78, 5) is 19.3. The molecule has 3 aliphatic rings.